The lowest BCUT2D eigenvalue weighted by Crippen LogP contribution is -2.41. The standard InChI is InChI=1S/C25H28N2O4S2/c1-18-9-11-20(12-10-18)27(33(29,30)22-15-13-21(32-4)14-16-22)17-25(28)26-19(2)23-7-5-6-8-24(23)31-3/h5-16,19H,17H2,1-4H3,(H,26,28)/t19-/m0/s1. The van der Waals surface area contributed by atoms with Gasteiger partial charge in [0.25, 0.3) is 10.0 Å². The molecule has 0 aromatic heterocycles. The highest BCUT2D eigenvalue weighted by atomic mass is 32.2. The van der Waals surface area contributed by atoms with Crippen LogP contribution in [0.3, 0.4) is 0 Å². The van der Waals surface area contributed by atoms with Gasteiger partial charge in [-0.1, -0.05) is 35.9 Å². The Morgan fingerprint density at radius 1 is 1.03 bits per heavy atom. The van der Waals surface area contributed by atoms with Crippen molar-refractivity contribution < 1.29 is 17.9 Å². The Balaban J connectivity index is 1.89. The highest BCUT2D eigenvalue weighted by Gasteiger charge is 2.28. The maximum Gasteiger partial charge on any atom is 0.264 e. The van der Waals surface area contributed by atoms with Gasteiger partial charge in [0, 0.05) is 10.5 Å². The van der Waals surface area contributed by atoms with E-state index in [-0.39, 0.29) is 17.5 Å². The summed E-state index contributed by atoms with van der Waals surface area (Å²) in [6.45, 7) is 3.40. The number of benzene rings is 3. The number of aryl methyl sites for hydroxylation is 1. The van der Waals surface area contributed by atoms with Gasteiger partial charge in [-0.2, -0.15) is 0 Å². The number of carbonyl (C=O) groups excluding carboxylic acids is 1. The zero-order chi connectivity index (χ0) is 24.0. The van der Waals surface area contributed by atoms with Crippen LogP contribution < -0.4 is 14.4 Å². The highest BCUT2D eigenvalue weighted by Crippen LogP contribution is 2.27. The van der Waals surface area contributed by atoms with Crippen molar-refractivity contribution in [3.05, 3.63) is 83.9 Å². The molecule has 6 nitrogen and oxygen atoms in total. The van der Waals surface area contributed by atoms with Crippen LogP contribution in [-0.4, -0.2) is 34.2 Å². The molecule has 3 rings (SSSR count). The van der Waals surface area contributed by atoms with Crippen LogP contribution in [0.5, 0.6) is 5.75 Å². The lowest BCUT2D eigenvalue weighted by atomic mass is 10.1. The molecule has 3 aromatic carbocycles. The van der Waals surface area contributed by atoms with Crippen molar-refractivity contribution in [2.24, 2.45) is 0 Å². The first-order chi connectivity index (χ1) is 15.8. The minimum Gasteiger partial charge on any atom is -0.496 e. The summed E-state index contributed by atoms with van der Waals surface area (Å²) >= 11 is 1.53. The normalized spacial score (nSPS) is 12.1. The van der Waals surface area contributed by atoms with Crippen LogP contribution in [0.2, 0.25) is 0 Å². The van der Waals surface area contributed by atoms with E-state index in [4.69, 9.17) is 4.74 Å². The zero-order valence-electron chi connectivity index (χ0n) is 19.1. The molecule has 0 saturated heterocycles. The molecule has 0 fully saturated rings. The number of carbonyl (C=O) groups is 1. The number of hydrogen-bond acceptors (Lipinski definition) is 5. The number of methoxy groups -OCH3 is 1. The number of thioether (sulfide) groups is 1. The minimum absolute atomic E-state index is 0.131. The van der Waals surface area contributed by atoms with Crippen LogP contribution in [0.4, 0.5) is 5.69 Å². The van der Waals surface area contributed by atoms with E-state index in [1.807, 2.05) is 56.5 Å². The number of ether oxygens (including phenoxy) is 1. The van der Waals surface area contributed by atoms with E-state index in [1.54, 1.807) is 43.5 Å². The van der Waals surface area contributed by atoms with Gasteiger partial charge in [0.2, 0.25) is 5.91 Å². The third-order valence-electron chi connectivity index (χ3n) is 5.24. The van der Waals surface area contributed by atoms with Crippen LogP contribution in [-0.2, 0) is 14.8 Å². The van der Waals surface area contributed by atoms with E-state index in [0.29, 0.717) is 11.4 Å². The first-order valence-corrected chi connectivity index (χ1v) is 13.1. The first kappa shape index (κ1) is 24.7. The zero-order valence-corrected chi connectivity index (χ0v) is 20.7. The summed E-state index contributed by atoms with van der Waals surface area (Å²) in [4.78, 5) is 14.1. The molecule has 0 spiro atoms. The maximum absolute atomic E-state index is 13.5. The van der Waals surface area contributed by atoms with Crippen molar-refractivity contribution in [3.63, 3.8) is 0 Å². The summed E-state index contributed by atoms with van der Waals surface area (Å²) in [7, 11) is -2.39. The van der Waals surface area contributed by atoms with Crippen molar-refractivity contribution in [1.82, 2.24) is 5.32 Å². The molecule has 0 aliphatic rings. The molecule has 0 saturated carbocycles. The molecular formula is C25H28N2O4S2. The lowest BCUT2D eigenvalue weighted by molar-refractivity contribution is -0.120. The average Bonchev–Trinajstić information content (AvgIpc) is 2.83. The van der Waals surface area contributed by atoms with Gasteiger partial charge in [0.05, 0.1) is 23.7 Å². The largest absolute Gasteiger partial charge is 0.496 e. The predicted octanol–water partition coefficient (Wildman–Crippen LogP) is 4.80. The van der Waals surface area contributed by atoms with E-state index >= 15 is 0 Å². The van der Waals surface area contributed by atoms with Crippen molar-refractivity contribution >= 4 is 33.4 Å². The number of rotatable bonds is 9. The molecule has 0 aliphatic heterocycles. The second-order valence-electron chi connectivity index (χ2n) is 7.55. The molecule has 33 heavy (non-hydrogen) atoms. The Morgan fingerprint density at radius 2 is 1.67 bits per heavy atom. The lowest BCUT2D eigenvalue weighted by Gasteiger charge is -2.25. The summed E-state index contributed by atoms with van der Waals surface area (Å²) < 4.78 is 33.6. The topological polar surface area (TPSA) is 75.7 Å². The van der Waals surface area contributed by atoms with Crippen LogP contribution >= 0.6 is 11.8 Å². The van der Waals surface area contributed by atoms with Crippen molar-refractivity contribution in [3.8, 4) is 5.75 Å². The van der Waals surface area contributed by atoms with Crippen molar-refractivity contribution in [2.75, 3.05) is 24.2 Å². The van der Waals surface area contributed by atoms with E-state index < -0.39 is 15.9 Å². The molecule has 0 heterocycles. The molecule has 0 unspecified atom stereocenters. The number of para-hydroxylation sites is 1. The third kappa shape index (κ3) is 5.89. The van der Waals surface area contributed by atoms with E-state index in [0.717, 1.165) is 20.3 Å². The van der Waals surface area contributed by atoms with Crippen molar-refractivity contribution in [1.29, 1.82) is 0 Å². The SMILES string of the molecule is COc1ccccc1[C@H](C)NC(=O)CN(c1ccc(C)cc1)S(=O)(=O)c1ccc(SC)cc1. The van der Waals surface area contributed by atoms with Gasteiger partial charge < -0.3 is 10.1 Å². The molecular weight excluding hydrogens is 456 g/mol. The van der Waals surface area contributed by atoms with Crippen LogP contribution in [0, 0.1) is 6.92 Å². The smallest absolute Gasteiger partial charge is 0.264 e. The monoisotopic (exact) mass is 484 g/mol. The minimum atomic E-state index is -3.96. The number of sulfonamides is 1. The average molecular weight is 485 g/mol. The highest BCUT2D eigenvalue weighted by molar-refractivity contribution is 7.98. The second kappa shape index (κ2) is 10.8. The molecule has 0 bridgehead atoms. The number of anilines is 1. The van der Waals surface area contributed by atoms with Gasteiger partial charge >= 0.3 is 0 Å². The Morgan fingerprint density at radius 3 is 2.27 bits per heavy atom. The molecule has 1 amide bonds. The fraction of sp³-hybridized carbons (Fsp3) is 0.240. The van der Waals surface area contributed by atoms with Crippen LogP contribution in [0.15, 0.2) is 82.6 Å². The fourth-order valence-electron chi connectivity index (χ4n) is 3.42. The van der Waals surface area contributed by atoms with Gasteiger partial charge in [-0.3, -0.25) is 9.10 Å². The number of hydrogen-bond donors (Lipinski definition) is 1. The molecule has 3 aromatic rings. The van der Waals surface area contributed by atoms with Crippen LogP contribution in [0.25, 0.3) is 0 Å². The molecule has 0 aliphatic carbocycles. The molecule has 1 atom stereocenters. The molecule has 174 valence electrons. The van der Waals surface area contributed by atoms with E-state index in [2.05, 4.69) is 5.32 Å². The predicted molar refractivity (Wildman–Crippen MR) is 133 cm³/mol. The first-order valence-electron chi connectivity index (χ1n) is 10.4. The summed E-state index contributed by atoms with van der Waals surface area (Å²) in [6, 6.07) is 20.8. The van der Waals surface area contributed by atoms with E-state index in [9.17, 15) is 13.2 Å². The summed E-state index contributed by atoms with van der Waals surface area (Å²) in [5.41, 5.74) is 2.23. The Labute approximate surface area is 200 Å². The number of nitrogens with one attached hydrogen (secondary N) is 1. The van der Waals surface area contributed by atoms with E-state index in [1.165, 1.54) is 11.8 Å². The van der Waals surface area contributed by atoms with Gasteiger partial charge in [-0.25, -0.2) is 8.42 Å². The Kier molecular flexibility index (Phi) is 8.05. The van der Waals surface area contributed by atoms with Gasteiger partial charge in [-0.15, -0.1) is 11.8 Å². The van der Waals surface area contributed by atoms with Gasteiger partial charge in [-0.05, 0) is 62.6 Å². The number of nitrogens with zero attached hydrogens (tertiary/aromatic N) is 1. The van der Waals surface area contributed by atoms with Gasteiger partial charge in [0.15, 0.2) is 0 Å². The second-order valence-corrected chi connectivity index (χ2v) is 10.3. The Bertz CT molecular complexity index is 1190. The van der Waals surface area contributed by atoms with Crippen molar-refractivity contribution in [2.45, 2.75) is 29.7 Å². The molecule has 8 heteroatoms. The summed E-state index contributed by atoms with van der Waals surface area (Å²) in [6.07, 6.45) is 1.93. The summed E-state index contributed by atoms with van der Waals surface area (Å²) in [5, 5.41) is 2.90. The maximum atomic E-state index is 13.5. The fourth-order valence-corrected chi connectivity index (χ4v) is 5.25. The number of amides is 1. The third-order valence-corrected chi connectivity index (χ3v) is 7.77. The Hall–Kier alpha value is -2.97. The molecule has 0 radical (unpaired) electrons. The van der Waals surface area contributed by atoms with Crippen LogP contribution in [0.1, 0.15) is 24.1 Å². The summed E-state index contributed by atoms with van der Waals surface area (Å²) in [5.74, 6) is 0.237. The quantitative estimate of drug-likeness (QED) is 0.442. The van der Waals surface area contributed by atoms with Gasteiger partial charge in [0.1, 0.15) is 12.3 Å². The molecule has 1 N–H and O–H groups in total.